The number of urea groups is 1. The van der Waals surface area contributed by atoms with Crippen molar-refractivity contribution in [3.8, 4) is 5.75 Å². The van der Waals surface area contributed by atoms with E-state index >= 15 is 0 Å². The number of hydrogen-bond donors (Lipinski definition) is 4. The van der Waals surface area contributed by atoms with E-state index in [0.29, 0.717) is 25.3 Å². The van der Waals surface area contributed by atoms with Crippen LogP contribution in [0.4, 0.5) is 4.79 Å². The van der Waals surface area contributed by atoms with Crippen molar-refractivity contribution in [3.63, 3.8) is 0 Å². The fourth-order valence-electron chi connectivity index (χ4n) is 6.10. The molecule has 1 fully saturated rings. The van der Waals surface area contributed by atoms with Crippen LogP contribution >= 0.6 is 23.5 Å². The second-order valence-electron chi connectivity index (χ2n) is 12.0. The number of amides is 3. The highest BCUT2D eigenvalue weighted by atomic mass is 32.2. The van der Waals surface area contributed by atoms with E-state index < -0.39 is 36.1 Å². The molecule has 0 spiro atoms. The first-order chi connectivity index (χ1) is 22.6. The van der Waals surface area contributed by atoms with Gasteiger partial charge in [0.15, 0.2) is 12.4 Å². The van der Waals surface area contributed by atoms with Crippen molar-refractivity contribution in [3.05, 3.63) is 90.0 Å². The van der Waals surface area contributed by atoms with Crippen LogP contribution in [0.2, 0.25) is 0 Å². The molecule has 0 bridgehead atoms. The molecule has 0 radical (unpaired) electrons. The molecule has 1 aliphatic rings. The molecule has 5 atom stereocenters. The van der Waals surface area contributed by atoms with Gasteiger partial charge in [-0.1, -0.05) is 80.6 Å². The highest BCUT2D eigenvalue weighted by Crippen LogP contribution is 2.36. The molecule has 1 heterocycles. The van der Waals surface area contributed by atoms with E-state index in [1.54, 1.807) is 4.90 Å². The average molecular weight is 679 g/mol. The largest absolute Gasteiger partial charge is 0.481 e. The highest BCUT2D eigenvalue weighted by Gasteiger charge is 2.40. The van der Waals surface area contributed by atoms with Crippen LogP contribution in [0.3, 0.4) is 0 Å². The molecule has 9 nitrogen and oxygen atoms in total. The molecule has 3 aromatic carbocycles. The minimum absolute atomic E-state index is 0.0324. The second-order valence-corrected chi connectivity index (χ2v) is 13.7. The Kier molecular flexibility index (Phi) is 13.6. The Morgan fingerprint density at radius 3 is 2.15 bits per heavy atom. The van der Waals surface area contributed by atoms with Crippen molar-refractivity contribution in [2.75, 3.05) is 32.2 Å². The number of para-hydroxylation sites is 1. The fourth-order valence-corrected chi connectivity index (χ4v) is 7.31. The minimum atomic E-state index is -1.19. The summed E-state index contributed by atoms with van der Waals surface area (Å²) in [6, 6.07) is 22.1. The number of nitrogens with one attached hydrogen (secondary N) is 2. The number of aliphatic hydroxyl groups excluding tert-OH is 1. The molecule has 4 rings (SSSR count). The van der Waals surface area contributed by atoms with Crippen LogP contribution in [0.1, 0.15) is 37.4 Å². The van der Waals surface area contributed by atoms with E-state index in [9.17, 15) is 19.5 Å². The maximum atomic E-state index is 14.3. The molecular formula is C36H46N4O5S2. The maximum Gasteiger partial charge on any atom is 0.318 e. The smallest absolute Gasteiger partial charge is 0.318 e. The van der Waals surface area contributed by atoms with E-state index in [1.807, 2.05) is 105 Å². The normalized spacial score (nSPS) is 16.2. The van der Waals surface area contributed by atoms with Gasteiger partial charge < -0.3 is 31.1 Å². The van der Waals surface area contributed by atoms with Crippen LogP contribution in [-0.2, 0) is 16.0 Å². The standard InChI is InChI=1S/C36H46N4O5S2/c1-23(2)33(40-19-18-38-36(40)44)34(43)26(20-24-12-7-5-8-13-24)21-27(41)32(31(37)25-14-9-6-10-15-25)39-30(42)22-45-35-28(46-3)16-11-17-29(35)47-4/h5-17,23,26-27,31-33,41H,18-22,37H2,1-4H3,(H,38,44)(H,39,42)/t26-,27-,31?,32+,33?/m0/s1. The van der Waals surface area contributed by atoms with Gasteiger partial charge in [-0.15, -0.1) is 23.5 Å². The number of nitrogens with zero attached hydrogens (tertiary/aromatic N) is 1. The van der Waals surface area contributed by atoms with Crippen molar-refractivity contribution < 1.29 is 24.2 Å². The van der Waals surface area contributed by atoms with Crippen molar-refractivity contribution in [1.82, 2.24) is 15.5 Å². The first-order valence-electron chi connectivity index (χ1n) is 15.9. The Morgan fingerprint density at radius 1 is 0.979 bits per heavy atom. The summed E-state index contributed by atoms with van der Waals surface area (Å²) in [5, 5.41) is 17.6. The zero-order chi connectivity index (χ0) is 33.9. The molecule has 3 amide bonds. The van der Waals surface area contributed by atoms with Gasteiger partial charge in [0, 0.05) is 19.0 Å². The number of thioether (sulfide) groups is 2. The average Bonchev–Trinajstić information content (AvgIpc) is 3.50. The monoisotopic (exact) mass is 678 g/mol. The lowest BCUT2D eigenvalue weighted by molar-refractivity contribution is -0.130. The lowest BCUT2D eigenvalue weighted by Crippen LogP contribution is -2.53. The predicted octanol–water partition coefficient (Wildman–Crippen LogP) is 4.92. The quantitative estimate of drug-likeness (QED) is 0.148. The molecule has 0 saturated carbocycles. The van der Waals surface area contributed by atoms with Crippen molar-refractivity contribution in [1.29, 1.82) is 0 Å². The Balaban J connectivity index is 1.60. The van der Waals surface area contributed by atoms with Gasteiger partial charge in [-0.05, 0) is 54.5 Å². The van der Waals surface area contributed by atoms with Crippen molar-refractivity contribution in [2.24, 2.45) is 17.6 Å². The summed E-state index contributed by atoms with van der Waals surface area (Å²) >= 11 is 3.06. The summed E-state index contributed by atoms with van der Waals surface area (Å²) in [4.78, 5) is 43.9. The van der Waals surface area contributed by atoms with Crippen LogP contribution in [0.25, 0.3) is 0 Å². The molecule has 3 aromatic rings. The summed E-state index contributed by atoms with van der Waals surface area (Å²) in [6.07, 6.45) is 3.11. The number of hydrogen-bond acceptors (Lipinski definition) is 8. The van der Waals surface area contributed by atoms with Gasteiger partial charge in [0.2, 0.25) is 0 Å². The number of carbonyl (C=O) groups excluding carboxylic acids is 3. The molecule has 47 heavy (non-hydrogen) atoms. The Morgan fingerprint density at radius 2 is 1.60 bits per heavy atom. The number of carbonyl (C=O) groups is 3. The third-order valence-corrected chi connectivity index (χ3v) is 9.97. The summed E-state index contributed by atoms with van der Waals surface area (Å²) in [5.74, 6) is -0.727. The molecule has 1 saturated heterocycles. The predicted molar refractivity (Wildman–Crippen MR) is 189 cm³/mol. The molecule has 1 aliphatic heterocycles. The highest BCUT2D eigenvalue weighted by molar-refractivity contribution is 7.99. The SMILES string of the molecule is CSc1cccc(SC)c1OCC(=O)N[C@@H](C(N)c1ccccc1)[C@@H](O)C[C@H](Cc1ccccc1)C(=O)C(C(C)C)N1CCNC1=O. The second kappa shape index (κ2) is 17.6. The number of ketones is 1. The van der Waals surface area contributed by atoms with Crippen LogP contribution in [0, 0.1) is 11.8 Å². The van der Waals surface area contributed by atoms with E-state index in [2.05, 4.69) is 10.6 Å². The zero-order valence-electron chi connectivity index (χ0n) is 27.4. The van der Waals surface area contributed by atoms with Gasteiger partial charge in [-0.2, -0.15) is 0 Å². The lowest BCUT2D eigenvalue weighted by Gasteiger charge is -2.35. The van der Waals surface area contributed by atoms with Gasteiger partial charge >= 0.3 is 6.03 Å². The van der Waals surface area contributed by atoms with E-state index in [1.165, 1.54) is 23.5 Å². The summed E-state index contributed by atoms with van der Waals surface area (Å²) in [6.45, 7) is 4.49. The van der Waals surface area contributed by atoms with E-state index in [-0.39, 0.29) is 30.8 Å². The Hall–Kier alpha value is -3.51. The first kappa shape index (κ1) is 36.3. The maximum absolute atomic E-state index is 14.3. The summed E-state index contributed by atoms with van der Waals surface area (Å²) in [5.41, 5.74) is 8.42. The molecule has 5 N–H and O–H groups in total. The summed E-state index contributed by atoms with van der Waals surface area (Å²) < 4.78 is 6.03. The van der Waals surface area contributed by atoms with Crippen LogP contribution < -0.4 is 21.1 Å². The van der Waals surface area contributed by atoms with Gasteiger partial charge in [-0.3, -0.25) is 9.59 Å². The Bertz CT molecular complexity index is 1450. The number of rotatable bonds is 17. The van der Waals surface area contributed by atoms with Crippen LogP contribution in [0.15, 0.2) is 88.7 Å². The summed E-state index contributed by atoms with van der Waals surface area (Å²) in [7, 11) is 0. The topological polar surface area (TPSA) is 134 Å². The molecule has 11 heteroatoms. The van der Waals surface area contributed by atoms with Gasteiger partial charge in [0.1, 0.15) is 5.75 Å². The number of Topliss-reactive ketones (excluding diaryl/α,β-unsaturated/α-hetero) is 1. The lowest BCUT2D eigenvalue weighted by atomic mass is 9.81. The first-order valence-corrected chi connectivity index (χ1v) is 18.3. The number of nitrogens with two attached hydrogens (primary N) is 1. The molecule has 252 valence electrons. The molecule has 0 aliphatic carbocycles. The Labute approximate surface area is 286 Å². The minimum Gasteiger partial charge on any atom is -0.481 e. The van der Waals surface area contributed by atoms with Crippen LogP contribution in [-0.4, -0.2) is 78.1 Å². The van der Waals surface area contributed by atoms with E-state index in [4.69, 9.17) is 10.5 Å². The van der Waals surface area contributed by atoms with Gasteiger partial charge in [0.25, 0.3) is 5.91 Å². The van der Waals surface area contributed by atoms with Gasteiger partial charge in [0.05, 0.1) is 34.0 Å². The number of benzene rings is 3. The molecular weight excluding hydrogens is 633 g/mol. The van der Waals surface area contributed by atoms with Gasteiger partial charge in [-0.25, -0.2) is 4.79 Å². The van der Waals surface area contributed by atoms with Crippen LogP contribution in [0.5, 0.6) is 5.75 Å². The molecule has 0 aromatic heterocycles. The molecule has 2 unspecified atom stereocenters. The third-order valence-electron chi connectivity index (χ3n) is 8.45. The third kappa shape index (κ3) is 9.53. The number of aliphatic hydroxyl groups is 1. The fraction of sp³-hybridized carbons (Fsp3) is 0.417. The van der Waals surface area contributed by atoms with Crippen molar-refractivity contribution in [2.45, 2.75) is 60.7 Å². The zero-order valence-corrected chi connectivity index (χ0v) is 29.1. The van der Waals surface area contributed by atoms with Crippen molar-refractivity contribution >= 4 is 41.2 Å². The van der Waals surface area contributed by atoms with E-state index in [0.717, 1.165) is 20.9 Å². The number of ether oxygens (including phenoxy) is 1.